The van der Waals surface area contributed by atoms with Crippen molar-refractivity contribution in [3.63, 3.8) is 0 Å². The molecule has 0 aromatic carbocycles. The highest BCUT2D eigenvalue weighted by Gasteiger charge is 2.49. The average Bonchev–Trinajstić information content (AvgIpc) is 2.24. The van der Waals surface area contributed by atoms with Crippen molar-refractivity contribution in [1.82, 2.24) is 0 Å². The largest absolute Gasteiger partial charge is 0.534 e. The van der Waals surface area contributed by atoms with Crippen molar-refractivity contribution in [1.29, 1.82) is 0 Å². The standard InChI is InChI=1S/C12H21F3O4SSi/c1-21(2,3)19-11-9-7-5-4-6-8-10(11)18-20(16,17)12(13,14)15/h8,11H,4-7,9H2,1-3H3/b10-8+. The predicted molar refractivity (Wildman–Crippen MR) is 75.4 cm³/mol. The first kappa shape index (κ1) is 18.5. The zero-order chi connectivity index (χ0) is 16.3. The molecular formula is C12H21F3O4SSi. The van der Waals surface area contributed by atoms with Gasteiger partial charge in [-0.25, -0.2) is 0 Å². The van der Waals surface area contributed by atoms with E-state index in [1.165, 1.54) is 6.08 Å². The van der Waals surface area contributed by atoms with Gasteiger partial charge in [-0.05, 0) is 45.0 Å². The van der Waals surface area contributed by atoms with Crippen molar-refractivity contribution >= 4 is 18.4 Å². The van der Waals surface area contributed by atoms with Crippen molar-refractivity contribution in [2.75, 3.05) is 0 Å². The molecule has 4 nitrogen and oxygen atoms in total. The van der Waals surface area contributed by atoms with E-state index in [4.69, 9.17) is 4.43 Å². The highest BCUT2D eigenvalue weighted by Crippen LogP contribution is 2.31. The molecule has 1 aliphatic rings. The molecule has 1 unspecified atom stereocenters. The van der Waals surface area contributed by atoms with Gasteiger partial charge in [-0.1, -0.05) is 12.8 Å². The van der Waals surface area contributed by atoms with Crippen LogP contribution in [0.4, 0.5) is 13.2 Å². The summed E-state index contributed by atoms with van der Waals surface area (Å²) in [4.78, 5) is 0. The molecule has 1 rings (SSSR count). The van der Waals surface area contributed by atoms with Gasteiger partial charge in [0.1, 0.15) is 11.9 Å². The van der Waals surface area contributed by atoms with E-state index in [0.29, 0.717) is 12.8 Å². The van der Waals surface area contributed by atoms with Gasteiger partial charge < -0.3 is 8.61 Å². The quantitative estimate of drug-likeness (QED) is 0.440. The predicted octanol–water partition coefficient (Wildman–Crippen LogP) is 3.92. The van der Waals surface area contributed by atoms with E-state index in [2.05, 4.69) is 4.18 Å². The second-order valence-electron chi connectivity index (χ2n) is 5.95. The van der Waals surface area contributed by atoms with E-state index in [1.807, 2.05) is 19.6 Å². The molecule has 124 valence electrons. The second kappa shape index (κ2) is 6.70. The van der Waals surface area contributed by atoms with E-state index in [-0.39, 0.29) is 5.76 Å². The minimum absolute atomic E-state index is 0.227. The van der Waals surface area contributed by atoms with E-state index in [1.54, 1.807) is 0 Å². The monoisotopic (exact) mass is 346 g/mol. The van der Waals surface area contributed by atoms with Crippen LogP contribution in [0.3, 0.4) is 0 Å². The number of alkyl halides is 3. The van der Waals surface area contributed by atoms with Gasteiger partial charge >= 0.3 is 15.6 Å². The number of halogens is 3. The molecule has 0 amide bonds. The smallest absolute Gasteiger partial charge is 0.408 e. The van der Waals surface area contributed by atoms with E-state index in [0.717, 1.165) is 19.3 Å². The first-order valence-corrected chi connectivity index (χ1v) is 11.6. The lowest BCUT2D eigenvalue weighted by Crippen LogP contribution is -2.36. The van der Waals surface area contributed by atoms with Crippen LogP contribution in [0.15, 0.2) is 11.8 Å². The maximum atomic E-state index is 12.5. The third-order valence-electron chi connectivity index (χ3n) is 2.82. The fourth-order valence-electron chi connectivity index (χ4n) is 1.97. The van der Waals surface area contributed by atoms with Gasteiger partial charge in [-0.3, -0.25) is 0 Å². The van der Waals surface area contributed by atoms with Crippen LogP contribution >= 0.6 is 0 Å². The Morgan fingerprint density at radius 2 is 1.81 bits per heavy atom. The van der Waals surface area contributed by atoms with E-state index >= 15 is 0 Å². The summed E-state index contributed by atoms with van der Waals surface area (Å²) in [5.41, 5.74) is -5.43. The summed E-state index contributed by atoms with van der Waals surface area (Å²) < 4.78 is 69.9. The Bertz CT molecular complexity index is 480. The number of hydrogen-bond donors (Lipinski definition) is 0. The van der Waals surface area contributed by atoms with Crippen molar-refractivity contribution in [2.24, 2.45) is 0 Å². The van der Waals surface area contributed by atoms with Gasteiger partial charge in [0, 0.05) is 0 Å². The van der Waals surface area contributed by atoms with Crippen LogP contribution in [0.1, 0.15) is 32.1 Å². The summed E-state index contributed by atoms with van der Waals surface area (Å²) in [6, 6.07) is 0. The molecule has 0 fully saturated rings. The number of allylic oxidation sites excluding steroid dienone is 1. The lowest BCUT2D eigenvalue weighted by Gasteiger charge is -2.29. The Kier molecular flexibility index (Phi) is 5.90. The molecule has 0 radical (unpaired) electrons. The minimum atomic E-state index is -5.65. The first-order chi connectivity index (χ1) is 9.42. The maximum absolute atomic E-state index is 12.5. The SMILES string of the molecule is C[Si](C)(C)OC1CCCCC/C=C\1OS(=O)(=O)C(F)(F)F. The Balaban J connectivity index is 3.00. The van der Waals surface area contributed by atoms with Crippen molar-refractivity contribution in [3.8, 4) is 0 Å². The van der Waals surface area contributed by atoms with Crippen LogP contribution in [-0.4, -0.2) is 28.3 Å². The number of hydrogen-bond acceptors (Lipinski definition) is 4. The normalized spacial score (nSPS) is 24.7. The molecule has 0 heterocycles. The number of rotatable bonds is 4. The van der Waals surface area contributed by atoms with Gasteiger partial charge in [-0.15, -0.1) is 0 Å². The van der Waals surface area contributed by atoms with Gasteiger partial charge in [0.2, 0.25) is 0 Å². The Labute approximate surface area is 124 Å². The zero-order valence-corrected chi connectivity index (χ0v) is 14.2. The molecule has 0 aliphatic heterocycles. The summed E-state index contributed by atoms with van der Waals surface area (Å²) in [5, 5.41) is 0. The van der Waals surface area contributed by atoms with E-state index in [9.17, 15) is 21.6 Å². The van der Waals surface area contributed by atoms with Gasteiger partial charge in [0.25, 0.3) is 0 Å². The molecule has 0 spiro atoms. The van der Waals surface area contributed by atoms with Crippen LogP contribution in [-0.2, 0) is 18.7 Å². The Hall–Kier alpha value is -0.543. The fraction of sp³-hybridized carbons (Fsp3) is 0.833. The Morgan fingerprint density at radius 1 is 1.19 bits per heavy atom. The highest BCUT2D eigenvalue weighted by molar-refractivity contribution is 7.87. The minimum Gasteiger partial charge on any atom is -0.408 e. The van der Waals surface area contributed by atoms with Crippen molar-refractivity contribution in [2.45, 2.75) is 63.4 Å². The van der Waals surface area contributed by atoms with Crippen LogP contribution in [0.25, 0.3) is 0 Å². The van der Waals surface area contributed by atoms with Crippen LogP contribution in [0.2, 0.25) is 19.6 Å². The average molecular weight is 346 g/mol. The van der Waals surface area contributed by atoms with Crippen molar-refractivity contribution in [3.05, 3.63) is 11.8 Å². The molecule has 0 saturated carbocycles. The first-order valence-electron chi connectivity index (χ1n) is 6.81. The van der Waals surface area contributed by atoms with Gasteiger partial charge in [0.05, 0.1) is 0 Å². The Morgan fingerprint density at radius 3 is 2.33 bits per heavy atom. The molecule has 0 aromatic heterocycles. The molecule has 1 atom stereocenters. The topological polar surface area (TPSA) is 52.6 Å². The third-order valence-corrected chi connectivity index (χ3v) is 4.79. The summed E-state index contributed by atoms with van der Waals surface area (Å²) in [5.74, 6) is -0.227. The van der Waals surface area contributed by atoms with Crippen LogP contribution < -0.4 is 0 Å². The molecule has 21 heavy (non-hydrogen) atoms. The van der Waals surface area contributed by atoms with Crippen LogP contribution in [0, 0.1) is 0 Å². The van der Waals surface area contributed by atoms with Crippen LogP contribution in [0.5, 0.6) is 0 Å². The molecule has 0 saturated heterocycles. The lowest BCUT2D eigenvalue weighted by atomic mass is 10.0. The van der Waals surface area contributed by atoms with Crippen molar-refractivity contribution < 1.29 is 30.2 Å². The maximum Gasteiger partial charge on any atom is 0.534 e. The highest BCUT2D eigenvalue weighted by atomic mass is 32.2. The zero-order valence-electron chi connectivity index (χ0n) is 12.4. The summed E-state index contributed by atoms with van der Waals surface area (Å²) in [6.45, 7) is 5.67. The molecule has 1 aliphatic carbocycles. The summed E-state index contributed by atoms with van der Waals surface area (Å²) in [6.07, 6.45) is 4.11. The fourth-order valence-corrected chi connectivity index (χ4v) is 3.59. The lowest BCUT2D eigenvalue weighted by molar-refractivity contribution is -0.0532. The second-order valence-corrected chi connectivity index (χ2v) is 11.9. The summed E-state index contributed by atoms with van der Waals surface area (Å²) in [7, 11) is -7.69. The van der Waals surface area contributed by atoms with E-state index < -0.39 is 30.0 Å². The molecular weight excluding hydrogens is 325 g/mol. The summed E-state index contributed by atoms with van der Waals surface area (Å²) >= 11 is 0. The third kappa shape index (κ3) is 5.99. The van der Waals surface area contributed by atoms with Gasteiger partial charge in [0.15, 0.2) is 8.32 Å². The molecule has 0 N–H and O–H groups in total. The molecule has 0 bridgehead atoms. The molecule has 9 heteroatoms. The molecule has 0 aromatic rings. The van der Waals surface area contributed by atoms with Gasteiger partial charge in [-0.2, -0.15) is 21.6 Å².